The van der Waals surface area contributed by atoms with Gasteiger partial charge in [0.25, 0.3) is 5.91 Å². The van der Waals surface area contributed by atoms with Gasteiger partial charge in [0.15, 0.2) is 0 Å². The topological polar surface area (TPSA) is 87.1 Å². The van der Waals surface area contributed by atoms with E-state index in [0.717, 1.165) is 24.9 Å². The van der Waals surface area contributed by atoms with E-state index in [9.17, 15) is 14.7 Å². The molecule has 1 aliphatic heterocycles. The Kier molecular flexibility index (Phi) is 5.23. The molecule has 0 radical (unpaired) electrons. The highest BCUT2D eigenvalue weighted by atomic mass is 16.5. The fourth-order valence-corrected chi connectivity index (χ4v) is 3.19. The van der Waals surface area contributed by atoms with Crippen LogP contribution in [0.2, 0.25) is 0 Å². The van der Waals surface area contributed by atoms with Gasteiger partial charge in [0.1, 0.15) is 11.3 Å². The van der Waals surface area contributed by atoms with Crippen LogP contribution in [0.4, 0.5) is 0 Å². The van der Waals surface area contributed by atoms with Crippen LogP contribution >= 0.6 is 0 Å². The summed E-state index contributed by atoms with van der Waals surface area (Å²) in [6, 6.07) is 11.5. The van der Waals surface area contributed by atoms with Gasteiger partial charge in [-0.3, -0.25) is 4.79 Å². The molecule has 1 atom stereocenters. The zero-order valence-electron chi connectivity index (χ0n) is 14.5. The number of benzene rings is 2. The van der Waals surface area contributed by atoms with Gasteiger partial charge in [-0.05, 0) is 48.2 Å². The van der Waals surface area contributed by atoms with Crippen molar-refractivity contribution in [1.29, 1.82) is 0 Å². The average Bonchev–Trinajstić information content (AvgIpc) is 2.67. The number of aromatic carboxylic acids is 1. The average molecular weight is 355 g/mol. The van der Waals surface area contributed by atoms with Crippen LogP contribution in [0.5, 0.6) is 5.75 Å². The lowest BCUT2D eigenvalue weighted by Crippen LogP contribution is -2.42. The number of ether oxygens (including phenoxy) is 1. The second kappa shape index (κ2) is 7.58. The monoisotopic (exact) mass is 355 g/mol. The zero-order valence-corrected chi connectivity index (χ0v) is 14.5. The first-order chi connectivity index (χ1) is 12.5. The Balaban J connectivity index is 1.79. The largest absolute Gasteiger partial charge is 0.507 e. The Hall–Kier alpha value is -2.86. The maximum atomic E-state index is 12.7. The molecule has 0 unspecified atom stereocenters. The fourth-order valence-electron chi connectivity index (χ4n) is 3.19. The highest BCUT2D eigenvalue weighted by molar-refractivity contribution is 5.95. The number of amides is 1. The minimum Gasteiger partial charge on any atom is -0.507 e. The minimum atomic E-state index is -1.19. The van der Waals surface area contributed by atoms with Crippen molar-refractivity contribution in [2.24, 2.45) is 0 Å². The Bertz CT molecular complexity index is 815. The smallest absolute Gasteiger partial charge is 0.339 e. The van der Waals surface area contributed by atoms with Crippen LogP contribution in [0.1, 0.15) is 33.6 Å². The summed E-state index contributed by atoms with van der Waals surface area (Å²) in [6.07, 6.45) is 1.97. The highest BCUT2D eigenvalue weighted by Crippen LogP contribution is 2.26. The van der Waals surface area contributed by atoms with E-state index in [1.54, 1.807) is 42.3 Å². The lowest BCUT2D eigenvalue weighted by Gasteiger charge is -2.32. The van der Waals surface area contributed by atoms with E-state index < -0.39 is 5.97 Å². The number of carbonyl (C=O) groups excluding carboxylic acids is 1. The molecule has 0 aromatic heterocycles. The fraction of sp³-hybridized carbons (Fsp3) is 0.300. The first kappa shape index (κ1) is 17.9. The van der Waals surface area contributed by atoms with E-state index in [0.29, 0.717) is 17.7 Å². The van der Waals surface area contributed by atoms with Crippen LogP contribution in [0.3, 0.4) is 0 Å². The number of carbonyl (C=O) groups is 2. The molecular weight excluding hydrogens is 334 g/mol. The number of phenols is 1. The van der Waals surface area contributed by atoms with Gasteiger partial charge >= 0.3 is 5.97 Å². The number of nitrogens with zero attached hydrogens (tertiary/aromatic N) is 1. The van der Waals surface area contributed by atoms with Crippen molar-refractivity contribution < 1.29 is 24.5 Å². The number of hydrogen-bond donors (Lipinski definition) is 2. The lowest BCUT2D eigenvalue weighted by atomic mass is 10.0. The molecule has 1 amide bonds. The van der Waals surface area contributed by atoms with Crippen molar-refractivity contribution in [3.8, 4) is 16.9 Å². The summed E-state index contributed by atoms with van der Waals surface area (Å²) in [4.78, 5) is 25.6. The van der Waals surface area contributed by atoms with Crippen molar-refractivity contribution in [3.05, 3.63) is 53.6 Å². The van der Waals surface area contributed by atoms with E-state index in [-0.39, 0.29) is 23.3 Å². The van der Waals surface area contributed by atoms with Gasteiger partial charge in [0, 0.05) is 25.8 Å². The van der Waals surface area contributed by atoms with Crippen LogP contribution in [0.15, 0.2) is 42.5 Å². The standard InChI is InChI=1S/C20H21NO5/c1-26-16-3-2-10-21(12-16)19(23)14-6-4-13(5-7-14)15-8-9-18(22)17(11-15)20(24)25/h4-9,11,16,22H,2-3,10,12H2,1H3,(H,24,25)/t16-/m0/s1. The summed E-state index contributed by atoms with van der Waals surface area (Å²) in [6.45, 7) is 1.32. The quantitative estimate of drug-likeness (QED) is 0.880. The maximum Gasteiger partial charge on any atom is 0.339 e. The van der Waals surface area contributed by atoms with Crippen LogP contribution in [-0.4, -0.2) is 53.3 Å². The lowest BCUT2D eigenvalue weighted by molar-refractivity contribution is 0.0269. The molecule has 0 saturated carbocycles. The molecule has 2 N–H and O–H groups in total. The zero-order chi connectivity index (χ0) is 18.7. The number of carboxylic acids is 1. The van der Waals surface area contributed by atoms with Gasteiger partial charge in [-0.2, -0.15) is 0 Å². The SMILES string of the molecule is CO[C@H]1CCCN(C(=O)c2ccc(-c3ccc(O)c(C(=O)O)c3)cc2)C1. The van der Waals surface area contributed by atoms with Gasteiger partial charge in [0.05, 0.1) is 6.10 Å². The van der Waals surface area contributed by atoms with Gasteiger partial charge in [-0.1, -0.05) is 18.2 Å². The third kappa shape index (κ3) is 3.70. The Labute approximate surface area is 151 Å². The van der Waals surface area contributed by atoms with E-state index in [4.69, 9.17) is 9.84 Å². The molecule has 1 saturated heterocycles. The summed E-state index contributed by atoms with van der Waals surface area (Å²) in [5.41, 5.74) is 1.87. The molecule has 0 bridgehead atoms. The molecule has 6 nitrogen and oxygen atoms in total. The molecule has 2 aromatic rings. The predicted octanol–water partition coefficient (Wildman–Crippen LogP) is 3.01. The van der Waals surface area contributed by atoms with Crippen molar-refractivity contribution >= 4 is 11.9 Å². The van der Waals surface area contributed by atoms with Gasteiger partial charge < -0.3 is 19.8 Å². The maximum absolute atomic E-state index is 12.7. The van der Waals surface area contributed by atoms with E-state index in [1.165, 1.54) is 12.1 Å². The summed E-state index contributed by atoms with van der Waals surface area (Å²) in [7, 11) is 1.66. The summed E-state index contributed by atoms with van der Waals surface area (Å²) in [5, 5.41) is 18.7. The van der Waals surface area contributed by atoms with Crippen LogP contribution in [0.25, 0.3) is 11.1 Å². The summed E-state index contributed by atoms with van der Waals surface area (Å²) < 4.78 is 5.36. The first-order valence-corrected chi connectivity index (χ1v) is 8.48. The van der Waals surface area contributed by atoms with E-state index >= 15 is 0 Å². The molecule has 1 heterocycles. The van der Waals surface area contributed by atoms with Crippen LogP contribution < -0.4 is 0 Å². The molecule has 0 aliphatic carbocycles. The summed E-state index contributed by atoms with van der Waals surface area (Å²) in [5.74, 6) is -1.49. The molecular formula is C20H21NO5. The van der Waals surface area contributed by atoms with Crippen molar-refractivity contribution in [2.45, 2.75) is 18.9 Å². The third-order valence-electron chi connectivity index (χ3n) is 4.69. The van der Waals surface area contributed by atoms with Gasteiger partial charge in [0.2, 0.25) is 0 Å². The molecule has 0 spiro atoms. The second-order valence-electron chi connectivity index (χ2n) is 6.37. The molecule has 1 fully saturated rings. The summed E-state index contributed by atoms with van der Waals surface area (Å²) >= 11 is 0. The van der Waals surface area contributed by atoms with Crippen molar-refractivity contribution in [2.75, 3.05) is 20.2 Å². The normalized spacial score (nSPS) is 17.1. The molecule has 3 rings (SSSR count). The van der Waals surface area contributed by atoms with Gasteiger partial charge in [-0.25, -0.2) is 4.79 Å². The Morgan fingerprint density at radius 1 is 1.12 bits per heavy atom. The number of methoxy groups -OCH3 is 1. The van der Waals surface area contributed by atoms with Crippen LogP contribution in [0, 0.1) is 0 Å². The molecule has 6 heteroatoms. The molecule has 1 aliphatic rings. The first-order valence-electron chi connectivity index (χ1n) is 8.48. The Morgan fingerprint density at radius 2 is 1.81 bits per heavy atom. The minimum absolute atomic E-state index is 0.0322. The highest BCUT2D eigenvalue weighted by Gasteiger charge is 2.24. The number of carboxylic acid groups (broad SMARTS) is 1. The number of likely N-dealkylation sites (tertiary alicyclic amines) is 1. The Morgan fingerprint density at radius 3 is 2.46 bits per heavy atom. The molecule has 2 aromatic carbocycles. The number of rotatable bonds is 4. The van der Waals surface area contributed by atoms with Crippen molar-refractivity contribution in [3.63, 3.8) is 0 Å². The number of aromatic hydroxyl groups is 1. The number of hydrogen-bond acceptors (Lipinski definition) is 4. The second-order valence-corrected chi connectivity index (χ2v) is 6.37. The van der Waals surface area contributed by atoms with Gasteiger partial charge in [-0.15, -0.1) is 0 Å². The van der Waals surface area contributed by atoms with Crippen molar-refractivity contribution in [1.82, 2.24) is 4.90 Å². The molecule has 136 valence electrons. The predicted molar refractivity (Wildman–Crippen MR) is 96.4 cm³/mol. The number of piperidine rings is 1. The third-order valence-corrected chi connectivity index (χ3v) is 4.69. The molecule has 26 heavy (non-hydrogen) atoms. The van der Waals surface area contributed by atoms with Crippen LogP contribution in [-0.2, 0) is 4.74 Å². The van der Waals surface area contributed by atoms with E-state index in [2.05, 4.69) is 0 Å². The van der Waals surface area contributed by atoms with E-state index in [1.807, 2.05) is 0 Å².